The number of aliphatic carboxylic acids is 1. The number of thiazole rings is 1. The zero-order valence-electron chi connectivity index (χ0n) is 12.2. The van der Waals surface area contributed by atoms with Crippen LogP contribution < -0.4 is 4.74 Å². The molecular weight excluding hydrogens is 360 g/mol. The van der Waals surface area contributed by atoms with Gasteiger partial charge in [-0.2, -0.15) is 8.78 Å². The smallest absolute Gasteiger partial charge is 0.474 e. The Labute approximate surface area is 144 Å². The van der Waals surface area contributed by atoms with Gasteiger partial charge >= 0.3 is 12.1 Å². The van der Waals surface area contributed by atoms with Crippen LogP contribution in [0.25, 0.3) is 20.8 Å². The van der Waals surface area contributed by atoms with E-state index in [-0.39, 0.29) is 5.75 Å². The van der Waals surface area contributed by atoms with E-state index in [1.807, 2.05) is 6.07 Å². The van der Waals surface area contributed by atoms with E-state index in [1.54, 1.807) is 31.2 Å². The number of fused-ring (bicyclic) bond motifs is 1. The van der Waals surface area contributed by atoms with Crippen molar-refractivity contribution in [2.45, 2.75) is 13.0 Å². The predicted molar refractivity (Wildman–Crippen MR) is 88.0 cm³/mol. The van der Waals surface area contributed by atoms with E-state index in [0.717, 1.165) is 15.8 Å². The molecule has 0 amide bonds. The highest BCUT2D eigenvalue weighted by atomic mass is 35.5. The van der Waals surface area contributed by atoms with Crippen LogP contribution in [0, 0.1) is 6.92 Å². The van der Waals surface area contributed by atoms with Crippen LogP contribution in [0.1, 0.15) is 5.56 Å². The third-order valence-electron chi connectivity index (χ3n) is 3.26. The zero-order chi connectivity index (χ0) is 17.5. The number of aryl methyl sites for hydroxylation is 1. The molecule has 0 spiro atoms. The van der Waals surface area contributed by atoms with Gasteiger partial charge in [0.1, 0.15) is 10.8 Å². The second-order valence-corrected chi connectivity index (χ2v) is 6.50. The summed E-state index contributed by atoms with van der Waals surface area (Å²) in [5, 5.41) is 9.71. The monoisotopic (exact) mass is 369 g/mol. The summed E-state index contributed by atoms with van der Waals surface area (Å²) in [6.07, 6.45) is -4.28. The van der Waals surface area contributed by atoms with Gasteiger partial charge in [-0.3, -0.25) is 0 Å². The highest BCUT2D eigenvalue weighted by Crippen LogP contribution is 2.34. The van der Waals surface area contributed by atoms with E-state index in [2.05, 4.69) is 9.72 Å². The van der Waals surface area contributed by atoms with Gasteiger partial charge in [-0.1, -0.05) is 11.6 Å². The van der Waals surface area contributed by atoms with Crippen molar-refractivity contribution in [3.63, 3.8) is 0 Å². The Bertz CT molecular complexity index is 942. The number of ether oxygens (including phenoxy) is 1. The van der Waals surface area contributed by atoms with Crippen molar-refractivity contribution in [3.8, 4) is 16.3 Å². The minimum absolute atomic E-state index is 0.199. The molecule has 1 heterocycles. The van der Waals surface area contributed by atoms with Gasteiger partial charge in [-0.25, -0.2) is 9.78 Å². The molecule has 124 valence electrons. The van der Waals surface area contributed by atoms with E-state index in [9.17, 15) is 13.6 Å². The Hall–Kier alpha value is -2.25. The average Bonchev–Trinajstić information content (AvgIpc) is 2.92. The number of carboxylic acid groups (broad SMARTS) is 1. The van der Waals surface area contributed by atoms with Crippen LogP contribution in [0.15, 0.2) is 36.4 Å². The van der Waals surface area contributed by atoms with Gasteiger partial charge in [0.05, 0.1) is 10.2 Å². The van der Waals surface area contributed by atoms with Gasteiger partial charge in [-0.05, 0) is 48.9 Å². The Morgan fingerprint density at radius 2 is 2.04 bits per heavy atom. The molecule has 0 radical (unpaired) electrons. The van der Waals surface area contributed by atoms with E-state index in [4.69, 9.17) is 16.7 Å². The van der Waals surface area contributed by atoms with Crippen LogP contribution >= 0.6 is 22.9 Å². The van der Waals surface area contributed by atoms with Crippen molar-refractivity contribution in [3.05, 3.63) is 47.0 Å². The van der Waals surface area contributed by atoms with E-state index in [0.29, 0.717) is 15.6 Å². The Kier molecular flexibility index (Phi) is 4.15. The molecule has 24 heavy (non-hydrogen) atoms. The fourth-order valence-electron chi connectivity index (χ4n) is 2.10. The minimum Gasteiger partial charge on any atom is -0.474 e. The van der Waals surface area contributed by atoms with Crippen LogP contribution in [0.2, 0.25) is 5.02 Å². The number of hydrogen-bond donors (Lipinski definition) is 1. The molecule has 0 unspecified atom stereocenters. The molecule has 0 atom stereocenters. The summed E-state index contributed by atoms with van der Waals surface area (Å²) in [6.45, 7) is 1.56. The maximum atomic E-state index is 13.2. The first kappa shape index (κ1) is 16.6. The Morgan fingerprint density at radius 3 is 2.71 bits per heavy atom. The van der Waals surface area contributed by atoms with Crippen molar-refractivity contribution in [1.82, 2.24) is 4.98 Å². The normalized spacial score (nSPS) is 11.7. The molecule has 8 heteroatoms. The SMILES string of the molecule is Cc1cc(-c2nc3cc(Cl)ccc3s2)ccc1OC(F)(F)C(=O)O. The number of carbonyl (C=O) groups is 1. The van der Waals surface area contributed by atoms with Gasteiger partial charge in [0.15, 0.2) is 0 Å². The second kappa shape index (κ2) is 5.99. The minimum atomic E-state index is -4.28. The van der Waals surface area contributed by atoms with Crippen molar-refractivity contribution in [2.75, 3.05) is 0 Å². The van der Waals surface area contributed by atoms with Crippen molar-refractivity contribution in [1.29, 1.82) is 0 Å². The second-order valence-electron chi connectivity index (χ2n) is 5.04. The molecule has 3 aromatic rings. The van der Waals surface area contributed by atoms with Crippen LogP contribution in [-0.4, -0.2) is 22.2 Å². The summed E-state index contributed by atoms with van der Waals surface area (Å²) in [5.74, 6) is -2.54. The third kappa shape index (κ3) is 3.18. The average molecular weight is 370 g/mol. The standard InChI is InChI=1S/C16H10ClF2NO3S/c1-8-6-9(2-4-12(8)23-16(18,19)15(21)22)14-20-11-7-10(17)3-5-13(11)24-14/h2-7H,1H3,(H,21,22). The molecule has 1 N–H and O–H groups in total. The van der Waals surface area contributed by atoms with Crippen molar-refractivity contribution < 1.29 is 23.4 Å². The lowest BCUT2D eigenvalue weighted by Gasteiger charge is -2.15. The molecule has 4 nitrogen and oxygen atoms in total. The van der Waals surface area contributed by atoms with Crippen molar-refractivity contribution in [2.24, 2.45) is 0 Å². The maximum absolute atomic E-state index is 13.2. The van der Waals surface area contributed by atoms with Gasteiger partial charge in [0.2, 0.25) is 0 Å². The molecular formula is C16H10ClF2NO3S. The molecule has 0 aliphatic carbocycles. The first-order valence-electron chi connectivity index (χ1n) is 6.73. The lowest BCUT2D eigenvalue weighted by molar-refractivity contribution is -0.211. The molecule has 1 aromatic heterocycles. The fraction of sp³-hybridized carbons (Fsp3) is 0.125. The number of halogens is 3. The summed E-state index contributed by atoms with van der Waals surface area (Å²) in [4.78, 5) is 14.9. The number of hydrogen-bond acceptors (Lipinski definition) is 4. The molecule has 0 saturated heterocycles. The van der Waals surface area contributed by atoms with Crippen LogP contribution in [0.4, 0.5) is 8.78 Å². The highest BCUT2D eigenvalue weighted by molar-refractivity contribution is 7.21. The molecule has 2 aromatic carbocycles. The number of nitrogens with zero attached hydrogens (tertiary/aromatic N) is 1. The molecule has 0 bridgehead atoms. The number of carboxylic acids is 1. The molecule has 0 aliphatic rings. The van der Waals surface area contributed by atoms with E-state index >= 15 is 0 Å². The molecule has 0 aliphatic heterocycles. The quantitative estimate of drug-likeness (QED) is 0.704. The topological polar surface area (TPSA) is 59.4 Å². The van der Waals surface area contributed by atoms with Crippen LogP contribution in [0.5, 0.6) is 5.75 Å². The van der Waals surface area contributed by atoms with Gasteiger partial charge < -0.3 is 9.84 Å². The highest BCUT2D eigenvalue weighted by Gasteiger charge is 2.42. The van der Waals surface area contributed by atoms with Crippen LogP contribution in [0.3, 0.4) is 0 Å². The summed E-state index contributed by atoms with van der Waals surface area (Å²) >= 11 is 7.37. The molecule has 3 rings (SSSR count). The van der Waals surface area contributed by atoms with E-state index in [1.165, 1.54) is 17.4 Å². The number of benzene rings is 2. The van der Waals surface area contributed by atoms with Crippen molar-refractivity contribution >= 4 is 39.1 Å². The number of rotatable bonds is 4. The largest absolute Gasteiger partial charge is 0.501 e. The summed E-state index contributed by atoms with van der Waals surface area (Å²) in [7, 11) is 0. The first-order chi connectivity index (χ1) is 11.3. The van der Waals surface area contributed by atoms with Crippen LogP contribution in [-0.2, 0) is 4.79 Å². The summed E-state index contributed by atoms with van der Waals surface area (Å²) < 4.78 is 31.6. The zero-order valence-corrected chi connectivity index (χ0v) is 13.8. The molecule has 0 saturated carbocycles. The van der Waals surface area contributed by atoms with Gasteiger partial charge in [-0.15, -0.1) is 11.3 Å². The predicted octanol–water partition coefficient (Wildman–Crippen LogP) is 4.98. The van der Waals surface area contributed by atoms with Gasteiger partial charge in [0, 0.05) is 10.6 Å². The van der Waals surface area contributed by atoms with E-state index < -0.39 is 12.1 Å². The Morgan fingerprint density at radius 1 is 1.29 bits per heavy atom. The number of alkyl halides is 2. The summed E-state index contributed by atoms with van der Waals surface area (Å²) in [6, 6.07) is 9.85. The fourth-order valence-corrected chi connectivity index (χ4v) is 3.21. The lowest BCUT2D eigenvalue weighted by Crippen LogP contribution is -2.35. The Balaban J connectivity index is 1.95. The first-order valence-corrected chi connectivity index (χ1v) is 7.93. The summed E-state index contributed by atoms with van der Waals surface area (Å²) in [5.41, 5.74) is 1.85. The van der Waals surface area contributed by atoms with Gasteiger partial charge in [0.25, 0.3) is 0 Å². The molecule has 0 fully saturated rings. The lowest BCUT2D eigenvalue weighted by atomic mass is 10.1. The third-order valence-corrected chi connectivity index (χ3v) is 4.58. The number of aromatic nitrogens is 1. The maximum Gasteiger partial charge on any atom is 0.501 e.